The molecule has 2 aromatic rings. The van der Waals surface area contributed by atoms with E-state index in [1.165, 1.54) is 22.5 Å². The molecule has 0 spiro atoms. The van der Waals surface area contributed by atoms with E-state index < -0.39 is 16.0 Å². The summed E-state index contributed by atoms with van der Waals surface area (Å²) in [5.74, 6) is -0.729. The van der Waals surface area contributed by atoms with Crippen LogP contribution in [0.25, 0.3) is 0 Å². The highest BCUT2D eigenvalue weighted by atomic mass is 32.2. The number of aryl methyl sites for hydroxylation is 1. The number of carbonyl (C=O) groups is 1. The minimum absolute atomic E-state index is 0.0385. The van der Waals surface area contributed by atoms with Crippen molar-refractivity contribution in [3.05, 3.63) is 53.6 Å². The molecule has 0 bridgehead atoms. The SMILES string of the molecule is CCC1CCc2ccccc2N1S(=O)(=O)c1ccc(OCC2CCOCC2)c(C(=O)O)c1. The molecule has 1 fully saturated rings. The number of aromatic carboxylic acids is 1. The number of benzene rings is 2. The Morgan fingerprint density at radius 2 is 1.91 bits per heavy atom. The summed E-state index contributed by atoms with van der Waals surface area (Å²) in [5.41, 5.74) is 1.51. The van der Waals surface area contributed by atoms with Crippen molar-refractivity contribution in [2.75, 3.05) is 24.1 Å². The summed E-state index contributed by atoms with van der Waals surface area (Å²) in [7, 11) is -3.95. The number of nitrogens with zero attached hydrogens (tertiary/aromatic N) is 1. The average Bonchev–Trinajstić information content (AvgIpc) is 2.82. The first kappa shape index (κ1) is 22.6. The molecule has 2 aromatic carbocycles. The average molecular weight is 460 g/mol. The van der Waals surface area contributed by atoms with E-state index in [4.69, 9.17) is 9.47 Å². The predicted octanol–water partition coefficient (Wildman–Crippen LogP) is 4.11. The first-order valence-corrected chi connectivity index (χ1v) is 12.6. The molecular weight excluding hydrogens is 430 g/mol. The predicted molar refractivity (Wildman–Crippen MR) is 121 cm³/mol. The maximum atomic E-state index is 13.7. The third kappa shape index (κ3) is 4.47. The Kier molecular flexibility index (Phi) is 6.71. The lowest BCUT2D eigenvalue weighted by Gasteiger charge is -2.37. The number of carboxylic acid groups (broad SMARTS) is 1. The van der Waals surface area contributed by atoms with Gasteiger partial charge in [0, 0.05) is 19.3 Å². The van der Waals surface area contributed by atoms with Gasteiger partial charge in [0.15, 0.2) is 0 Å². The molecule has 32 heavy (non-hydrogen) atoms. The van der Waals surface area contributed by atoms with E-state index in [-0.39, 0.29) is 22.3 Å². The van der Waals surface area contributed by atoms with Crippen LogP contribution in [0.1, 0.15) is 48.5 Å². The van der Waals surface area contributed by atoms with Gasteiger partial charge in [0.2, 0.25) is 0 Å². The molecule has 0 aromatic heterocycles. The molecule has 0 amide bonds. The number of hydrogen-bond acceptors (Lipinski definition) is 5. The van der Waals surface area contributed by atoms with Gasteiger partial charge in [0.25, 0.3) is 10.0 Å². The van der Waals surface area contributed by atoms with Crippen LogP contribution >= 0.6 is 0 Å². The zero-order chi connectivity index (χ0) is 22.7. The quantitative estimate of drug-likeness (QED) is 0.670. The van der Waals surface area contributed by atoms with Crippen LogP contribution in [-0.2, 0) is 21.2 Å². The fourth-order valence-electron chi connectivity index (χ4n) is 4.47. The Labute approximate surface area is 189 Å². The maximum Gasteiger partial charge on any atom is 0.339 e. The third-order valence-corrected chi connectivity index (χ3v) is 8.19. The lowest BCUT2D eigenvalue weighted by atomic mass is 9.97. The molecule has 0 saturated carbocycles. The van der Waals surface area contributed by atoms with Crippen molar-refractivity contribution >= 4 is 21.7 Å². The lowest BCUT2D eigenvalue weighted by Crippen LogP contribution is -2.43. The smallest absolute Gasteiger partial charge is 0.339 e. The van der Waals surface area contributed by atoms with E-state index in [9.17, 15) is 18.3 Å². The number of carboxylic acids is 1. The van der Waals surface area contributed by atoms with Crippen LogP contribution < -0.4 is 9.04 Å². The normalized spacial score (nSPS) is 19.4. The van der Waals surface area contributed by atoms with Crippen molar-refractivity contribution in [2.24, 2.45) is 5.92 Å². The van der Waals surface area contributed by atoms with E-state index in [1.54, 1.807) is 0 Å². The highest BCUT2D eigenvalue weighted by molar-refractivity contribution is 7.92. The second-order valence-electron chi connectivity index (χ2n) is 8.36. The van der Waals surface area contributed by atoms with E-state index >= 15 is 0 Å². The summed E-state index contributed by atoms with van der Waals surface area (Å²) >= 11 is 0. The summed E-state index contributed by atoms with van der Waals surface area (Å²) < 4.78 is 40.0. The van der Waals surface area contributed by atoms with Crippen LogP contribution in [0, 0.1) is 5.92 Å². The largest absolute Gasteiger partial charge is 0.492 e. The van der Waals surface area contributed by atoms with Gasteiger partial charge in [-0.05, 0) is 67.9 Å². The molecule has 1 saturated heterocycles. The lowest BCUT2D eigenvalue weighted by molar-refractivity contribution is 0.0490. The monoisotopic (exact) mass is 459 g/mol. The summed E-state index contributed by atoms with van der Waals surface area (Å²) in [6, 6.07) is 11.5. The van der Waals surface area contributed by atoms with Crippen molar-refractivity contribution in [2.45, 2.75) is 50.0 Å². The molecule has 8 heteroatoms. The third-order valence-electron chi connectivity index (χ3n) is 6.33. The van der Waals surface area contributed by atoms with Gasteiger partial charge in [0.1, 0.15) is 11.3 Å². The Bertz CT molecular complexity index is 1080. The number of fused-ring (bicyclic) bond motifs is 1. The summed E-state index contributed by atoms with van der Waals surface area (Å²) in [6.07, 6.45) is 3.94. The van der Waals surface area contributed by atoms with Gasteiger partial charge in [-0.3, -0.25) is 4.31 Å². The van der Waals surface area contributed by atoms with Gasteiger partial charge < -0.3 is 14.6 Å². The van der Waals surface area contributed by atoms with Crippen molar-refractivity contribution in [3.8, 4) is 5.75 Å². The van der Waals surface area contributed by atoms with E-state index in [1.807, 2.05) is 31.2 Å². The maximum absolute atomic E-state index is 13.7. The molecule has 0 aliphatic carbocycles. The van der Waals surface area contributed by atoms with Gasteiger partial charge in [-0.1, -0.05) is 25.1 Å². The number of hydrogen-bond donors (Lipinski definition) is 1. The Balaban J connectivity index is 1.66. The number of ether oxygens (including phenoxy) is 2. The van der Waals surface area contributed by atoms with E-state index in [0.29, 0.717) is 37.8 Å². The van der Waals surface area contributed by atoms with Crippen LogP contribution in [0.2, 0.25) is 0 Å². The summed E-state index contributed by atoms with van der Waals surface area (Å²) in [4.78, 5) is 11.9. The minimum atomic E-state index is -3.95. The van der Waals surface area contributed by atoms with Crippen molar-refractivity contribution < 1.29 is 27.8 Å². The zero-order valence-electron chi connectivity index (χ0n) is 18.2. The molecule has 2 aliphatic heterocycles. The number of sulfonamides is 1. The molecule has 2 heterocycles. The van der Waals surface area contributed by atoms with Crippen molar-refractivity contribution in [3.63, 3.8) is 0 Å². The Morgan fingerprint density at radius 1 is 1.16 bits per heavy atom. The molecule has 0 radical (unpaired) electrons. The first-order chi connectivity index (χ1) is 15.4. The van der Waals surface area contributed by atoms with Crippen LogP contribution in [0.5, 0.6) is 5.75 Å². The Morgan fingerprint density at radius 3 is 2.62 bits per heavy atom. The number of rotatable bonds is 7. The second-order valence-corrected chi connectivity index (χ2v) is 10.2. The van der Waals surface area contributed by atoms with Gasteiger partial charge >= 0.3 is 5.97 Å². The topological polar surface area (TPSA) is 93.1 Å². The van der Waals surface area contributed by atoms with Crippen LogP contribution in [0.4, 0.5) is 5.69 Å². The van der Waals surface area contributed by atoms with E-state index in [0.717, 1.165) is 31.2 Å². The molecule has 172 valence electrons. The fraction of sp³-hybridized carbons (Fsp3) is 0.458. The minimum Gasteiger partial charge on any atom is -0.492 e. The molecular formula is C24H29NO6S. The molecule has 1 unspecified atom stereocenters. The van der Waals surface area contributed by atoms with Gasteiger partial charge in [-0.2, -0.15) is 0 Å². The number of anilines is 1. The molecule has 2 aliphatic rings. The first-order valence-electron chi connectivity index (χ1n) is 11.1. The zero-order valence-corrected chi connectivity index (χ0v) is 19.0. The van der Waals surface area contributed by atoms with Crippen LogP contribution in [-0.4, -0.2) is 45.4 Å². The van der Waals surface area contributed by atoms with Gasteiger partial charge in [-0.25, -0.2) is 13.2 Å². The summed E-state index contributed by atoms with van der Waals surface area (Å²) in [6.45, 7) is 3.70. The van der Waals surface area contributed by atoms with Gasteiger partial charge in [0.05, 0.1) is 17.2 Å². The highest BCUT2D eigenvalue weighted by Gasteiger charge is 2.35. The molecule has 4 rings (SSSR count). The standard InChI is InChI=1S/C24H29NO6S/c1-2-19-8-7-18-5-3-4-6-22(18)25(19)32(28,29)20-9-10-23(21(15-20)24(26)27)31-16-17-11-13-30-14-12-17/h3-6,9-10,15,17,19H,2,7-8,11-14,16H2,1H3,(H,26,27). The van der Waals surface area contributed by atoms with Crippen LogP contribution in [0.3, 0.4) is 0 Å². The summed E-state index contributed by atoms with van der Waals surface area (Å²) in [5, 5.41) is 9.75. The highest BCUT2D eigenvalue weighted by Crippen LogP contribution is 2.37. The van der Waals surface area contributed by atoms with E-state index in [2.05, 4.69) is 0 Å². The van der Waals surface area contributed by atoms with Gasteiger partial charge in [-0.15, -0.1) is 0 Å². The fourth-order valence-corrected chi connectivity index (χ4v) is 6.28. The van der Waals surface area contributed by atoms with Crippen LogP contribution in [0.15, 0.2) is 47.4 Å². The second kappa shape index (κ2) is 9.50. The molecule has 1 atom stereocenters. The molecule has 1 N–H and O–H groups in total. The Hall–Kier alpha value is -2.58. The molecule has 7 nitrogen and oxygen atoms in total. The van der Waals surface area contributed by atoms with Crippen molar-refractivity contribution in [1.29, 1.82) is 0 Å². The van der Waals surface area contributed by atoms with Crippen molar-refractivity contribution in [1.82, 2.24) is 0 Å². The number of para-hydroxylation sites is 1.